The molecule has 0 aliphatic heterocycles. The fraction of sp³-hybridized carbons (Fsp3) is 0.250. The Morgan fingerprint density at radius 2 is 1.91 bits per heavy atom. The summed E-state index contributed by atoms with van der Waals surface area (Å²) < 4.78 is 44.7. The summed E-state index contributed by atoms with van der Waals surface area (Å²) in [6.07, 6.45) is 0. The van der Waals surface area contributed by atoms with Gasteiger partial charge in [0.25, 0.3) is 0 Å². The van der Waals surface area contributed by atoms with Gasteiger partial charge in [-0.25, -0.2) is 12.8 Å². The predicted molar refractivity (Wildman–Crippen MR) is 82.8 cm³/mol. The molecule has 0 atom stereocenters. The first-order valence-electron chi connectivity index (χ1n) is 6.70. The van der Waals surface area contributed by atoms with Gasteiger partial charge in [0.05, 0.1) is 12.0 Å². The molecular formula is C16H18FNO3S. The Hall–Kier alpha value is -1.92. The highest BCUT2D eigenvalue weighted by atomic mass is 32.2. The van der Waals surface area contributed by atoms with E-state index in [1.807, 2.05) is 31.2 Å². The summed E-state index contributed by atoms with van der Waals surface area (Å²) in [6, 6.07) is 11.2. The number of methoxy groups -OCH3 is 1. The summed E-state index contributed by atoms with van der Waals surface area (Å²) in [5.74, 6) is -0.687. The third-order valence-corrected chi connectivity index (χ3v) is 5.12. The Balaban J connectivity index is 2.27. The van der Waals surface area contributed by atoms with Gasteiger partial charge in [0.15, 0.2) is 11.6 Å². The number of aryl methyl sites for hydroxylation is 1. The van der Waals surface area contributed by atoms with E-state index in [1.165, 1.54) is 30.6 Å². The molecule has 4 nitrogen and oxygen atoms in total. The Kier molecular flexibility index (Phi) is 4.83. The van der Waals surface area contributed by atoms with E-state index >= 15 is 0 Å². The van der Waals surface area contributed by atoms with Crippen molar-refractivity contribution in [2.45, 2.75) is 18.4 Å². The number of rotatable bonds is 5. The third-order valence-electron chi connectivity index (χ3n) is 3.32. The molecule has 0 fully saturated rings. The van der Waals surface area contributed by atoms with E-state index in [0.717, 1.165) is 17.2 Å². The van der Waals surface area contributed by atoms with Gasteiger partial charge in [0, 0.05) is 13.6 Å². The molecule has 2 aromatic rings. The molecule has 6 heteroatoms. The lowest BCUT2D eigenvalue weighted by molar-refractivity contribution is 0.385. The van der Waals surface area contributed by atoms with E-state index in [0.29, 0.717) is 0 Å². The van der Waals surface area contributed by atoms with Crippen LogP contribution in [-0.4, -0.2) is 26.9 Å². The highest BCUT2D eigenvalue weighted by molar-refractivity contribution is 7.89. The first-order chi connectivity index (χ1) is 10.3. The molecule has 0 spiro atoms. The van der Waals surface area contributed by atoms with Crippen LogP contribution in [0.3, 0.4) is 0 Å². The van der Waals surface area contributed by atoms with Gasteiger partial charge in [-0.05, 0) is 30.7 Å². The molecule has 0 amide bonds. The summed E-state index contributed by atoms with van der Waals surface area (Å²) in [4.78, 5) is -0.0963. The van der Waals surface area contributed by atoms with E-state index in [9.17, 15) is 12.8 Å². The average Bonchev–Trinajstić information content (AvgIpc) is 2.47. The van der Waals surface area contributed by atoms with Gasteiger partial charge in [0.1, 0.15) is 0 Å². The van der Waals surface area contributed by atoms with E-state index in [1.54, 1.807) is 0 Å². The Bertz CT molecular complexity index is 775. The number of hydrogen-bond donors (Lipinski definition) is 0. The second kappa shape index (κ2) is 6.46. The lowest BCUT2D eigenvalue weighted by atomic mass is 10.1. The number of halogens is 1. The van der Waals surface area contributed by atoms with Crippen molar-refractivity contribution in [2.75, 3.05) is 14.2 Å². The van der Waals surface area contributed by atoms with Crippen molar-refractivity contribution in [3.63, 3.8) is 0 Å². The monoisotopic (exact) mass is 323 g/mol. The zero-order valence-corrected chi connectivity index (χ0v) is 13.5. The van der Waals surface area contributed by atoms with Crippen molar-refractivity contribution in [2.24, 2.45) is 0 Å². The molecule has 0 bridgehead atoms. The Labute approximate surface area is 130 Å². The highest BCUT2D eigenvalue weighted by Crippen LogP contribution is 2.23. The summed E-state index contributed by atoms with van der Waals surface area (Å²) in [5, 5.41) is 0. The van der Waals surface area contributed by atoms with Crippen LogP contribution in [-0.2, 0) is 16.6 Å². The van der Waals surface area contributed by atoms with Crippen molar-refractivity contribution in [3.05, 3.63) is 59.4 Å². The smallest absolute Gasteiger partial charge is 0.243 e. The SMILES string of the molecule is COc1ccc(S(=O)(=O)N(C)Cc2cccc(C)c2)cc1F. The van der Waals surface area contributed by atoms with Gasteiger partial charge in [-0.15, -0.1) is 0 Å². The molecule has 0 saturated heterocycles. The van der Waals surface area contributed by atoms with Gasteiger partial charge in [-0.3, -0.25) is 0 Å². The molecule has 0 unspecified atom stereocenters. The fourth-order valence-electron chi connectivity index (χ4n) is 2.14. The maximum atomic E-state index is 13.7. The molecule has 2 aromatic carbocycles. The second-order valence-electron chi connectivity index (χ2n) is 5.05. The molecule has 22 heavy (non-hydrogen) atoms. The molecule has 0 N–H and O–H groups in total. The first kappa shape index (κ1) is 16.5. The Morgan fingerprint density at radius 1 is 1.18 bits per heavy atom. The largest absolute Gasteiger partial charge is 0.494 e. The van der Waals surface area contributed by atoms with Crippen LogP contribution in [0.25, 0.3) is 0 Å². The van der Waals surface area contributed by atoms with Crippen molar-refractivity contribution < 1.29 is 17.5 Å². The molecule has 0 saturated carbocycles. The molecule has 0 aliphatic rings. The molecule has 0 heterocycles. The normalized spacial score (nSPS) is 11.7. The fourth-order valence-corrected chi connectivity index (χ4v) is 3.31. The van der Waals surface area contributed by atoms with Gasteiger partial charge in [-0.2, -0.15) is 4.31 Å². The molecule has 0 radical (unpaired) electrons. The first-order valence-corrected chi connectivity index (χ1v) is 8.14. The van der Waals surface area contributed by atoms with Crippen LogP contribution in [0, 0.1) is 12.7 Å². The van der Waals surface area contributed by atoms with Crippen LogP contribution in [0.5, 0.6) is 5.75 Å². The lowest BCUT2D eigenvalue weighted by Crippen LogP contribution is -2.26. The third kappa shape index (κ3) is 3.45. The average molecular weight is 323 g/mol. The Morgan fingerprint density at radius 3 is 2.50 bits per heavy atom. The predicted octanol–water partition coefficient (Wildman–Crippen LogP) is 2.96. The van der Waals surface area contributed by atoms with E-state index in [4.69, 9.17) is 4.74 Å². The number of ether oxygens (including phenoxy) is 1. The van der Waals surface area contributed by atoms with Crippen LogP contribution < -0.4 is 4.74 Å². The van der Waals surface area contributed by atoms with Crippen LogP contribution >= 0.6 is 0 Å². The molecule has 0 aliphatic carbocycles. The minimum atomic E-state index is -3.76. The topological polar surface area (TPSA) is 46.6 Å². The maximum Gasteiger partial charge on any atom is 0.243 e. The molecule has 118 valence electrons. The molecule has 2 rings (SSSR count). The quantitative estimate of drug-likeness (QED) is 0.850. The zero-order chi connectivity index (χ0) is 16.3. The maximum absolute atomic E-state index is 13.7. The van der Waals surface area contributed by atoms with Gasteiger partial charge >= 0.3 is 0 Å². The van der Waals surface area contributed by atoms with E-state index in [2.05, 4.69) is 0 Å². The number of benzene rings is 2. The van der Waals surface area contributed by atoms with E-state index < -0.39 is 15.8 Å². The number of sulfonamides is 1. The van der Waals surface area contributed by atoms with Gasteiger partial charge in [0.2, 0.25) is 10.0 Å². The standard InChI is InChI=1S/C16H18FNO3S/c1-12-5-4-6-13(9-12)11-18(2)22(19,20)14-7-8-16(21-3)15(17)10-14/h4-10H,11H2,1-3H3. The highest BCUT2D eigenvalue weighted by Gasteiger charge is 2.22. The van der Waals surface area contributed by atoms with Crippen molar-refractivity contribution >= 4 is 10.0 Å². The molecule has 0 aromatic heterocycles. The van der Waals surface area contributed by atoms with Gasteiger partial charge in [-0.1, -0.05) is 29.8 Å². The minimum Gasteiger partial charge on any atom is -0.494 e. The summed E-state index contributed by atoms with van der Waals surface area (Å²) >= 11 is 0. The van der Waals surface area contributed by atoms with Crippen LogP contribution in [0.4, 0.5) is 4.39 Å². The zero-order valence-electron chi connectivity index (χ0n) is 12.7. The van der Waals surface area contributed by atoms with E-state index in [-0.39, 0.29) is 17.2 Å². The van der Waals surface area contributed by atoms with Crippen LogP contribution in [0.1, 0.15) is 11.1 Å². The molecular weight excluding hydrogens is 305 g/mol. The van der Waals surface area contributed by atoms with Crippen LogP contribution in [0.2, 0.25) is 0 Å². The summed E-state index contributed by atoms with van der Waals surface area (Å²) in [7, 11) is -0.958. The number of hydrogen-bond acceptors (Lipinski definition) is 3. The lowest BCUT2D eigenvalue weighted by Gasteiger charge is -2.18. The minimum absolute atomic E-state index is 0.0142. The number of nitrogens with zero attached hydrogens (tertiary/aromatic N) is 1. The van der Waals surface area contributed by atoms with Crippen molar-refractivity contribution in [1.29, 1.82) is 0 Å². The van der Waals surface area contributed by atoms with Crippen molar-refractivity contribution in [1.82, 2.24) is 4.31 Å². The second-order valence-corrected chi connectivity index (χ2v) is 7.09. The van der Waals surface area contributed by atoms with Crippen molar-refractivity contribution in [3.8, 4) is 5.75 Å². The summed E-state index contributed by atoms with van der Waals surface area (Å²) in [5.41, 5.74) is 1.93. The summed E-state index contributed by atoms with van der Waals surface area (Å²) in [6.45, 7) is 2.16. The van der Waals surface area contributed by atoms with Crippen LogP contribution in [0.15, 0.2) is 47.4 Å². The van der Waals surface area contributed by atoms with Gasteiger partial charge < -0.3 is 4.74 Å².